The topological polar surface area (TPSA) is 80.6 Å². The molecule has 0 saturated carbocycles. The molecule has 2 aromatic carbocycles. The number of carbonyl (C=O) groups is 2. The van der Waals surface area contributed by atoms with Gasteiger partial charge in [-0.05, 0) is 30.3 Å². The molecule has 6 heteroatoms. The van der Waals surface area contributed by atoms with Gasteiger partial charge in [-0.25, -0.2) is 0 Å². The van der Waals surface area contributed by atoms with Crippen LogP contribution in [0, 0.1) is 0 Å². The Balaban J connectivity index is 1.79. The van der Waals surface area contributed by atoms with Crippen LogP contribution in [0.1, 0.15) is 20.7 Å². The molecule has 6 nitrogen and oxygen atoms in total. The molecule has 1 heterocycles. The average molecular weight is 336 g/mol. The van der Waals surface area contributed by atoms with Crippen LogP contribution in [-0.4, -0.2) is 18.9 Å². The maximum atomic E-state index is 12.6. The van der Waals surface area contributed by atoms with Crippen molar-refractivity contribution in [1.29, 1.82) is 0 Å². The Morgan fingerprint density at radius 1 is 0.960 bits per heavy atom. The van der Waals surface area contributed by atoms with E-state index >= 15 is 0 Å². The zero-order valence-electron chi connectivity index (χ0n) is 13.5. The minimum atomic E-state index is -0.351. The number of rotatable bonds is 5. The van der Waals surface area contributed by atoms with Gasteiger partial charge in [-0.3, -0.25) is 9.59 Å². The molecule has 0 aliphatic rings. The zero-order valence-corrected chi connectivity index (χ0v) is 13.5. The molecule has 126 valence electrons. The Labute approximate surface area is 144 Å². The van der Waals surface area contributed by atoms with Crippen molar-refractivity contribution in [2.75, 3.05) is 17.7 Å². The van der Waals surface area contributed by atoms with Crippen LogP contribution >= 0.6 is 0 Å². The normalized spacial score (nSPS) is 10.1. The predicted octanol–water partition coefficient (Wildman–Crippen LogP) is 3.79. The Morgan fingerprint density at radius 3 is 2.56 bits per heavy atom. The summed E-state index contributed by atoms with van der Waals surface area (Å²) in [4.78, 5) is 24.8. The van der Waals surface area contributed by atoms with Crippen LogP contribution in [0.5, 0.6) is 5.75 Å². The van der Waals surface area contributed by atoms with Gasteiger partial charge in [-0.15, -0.1) is 0 Å². The molecule has 0 fully saturated rings. The Kier molecular flexibility index (Phi) is 4.80. The molecule has 0 aliphatic carbocycles. The van der Waals surface area contributed by atoms with E-state index < -0.39 is 0 Å². The third-order valence-corrected chi connectivity index (χ3v) is 3.53. The molecule has 25 heavy (non-hydrogen) atoms. The summed E-state index contributed by atoms with van der Waals surface area (Å²) in [5, 5.41) is 5.51. The lowest BCUT2D eigenvalue weighted by atomic mass is 10.1. The lowest BCUT2D eigenvalue weighted by Gasteiger charge is -2.11. The predicted molar refractivity (Wildman–Crippen MR) is 94.1 cm³/mol. The number of benzene rings is 2. The molecule has 3 aromatic rings. The largest absolute Gasteiger partial charge is 0.497 e. The quantitative estimate of drug-likeness (QED) is 0.743. The smallest absolute Gasteiger partial charge is 0.258 e. The lowest BCUT2D eigenvalue weighted by molar-refractivity contribution is 0.102. The highest BCUT2D eigenvalue weighted by Crippen LogP contribution is 2.21. The van der Waals surface area contributed by atoms with Gasteiger partial charge in [0.15, 0.2) is 0 Å². The van der Waals surface area contributed by atoms with Gasteiger partial charge >= 0.3 is 0 Å². The van der Waals surface area contributed by atoms with Gasteiger partial charge in [0.05, 0.1) is 30.2 Å². The van der Waals surface area contributed by atoms with Gasteiger partial charge in [-0.2, -0.15) is 0 Å². The molecule has 2 amide bonds. The van der Waals surface area contributed by atoms with E-state index in [1.165, 1.54) is 12.5 Å². The van der Waals surface area contributed by atoms with Crippen molar-refractivity contribution in [3.05, 3.63) is 78.3 Å². The molecule has 0 bridgehead atoms. The van der Waals surface area contributed by atoms with E-state index in [9.17, 15) is 9.59 Å². The van der Waals surface area contributed by atoms with Crippen LogP contribution in [0.15, 0.2) is 71.5 Å². The Bertz CT molecular complexity index is 888. The monoisotopic (exact) mass is 336 g/mol. The fourth-order valence-corrected chi connectivity index (χ4v) is 2.28. The van der Waals surface area contributed by atoms with Crippen LogP contribution < -0.4 is 15.4 Å². The second-order valence-corrected chi connectivity index (χ2v) is 5.20. The lowest BCUT2D eigenvalue weighted by Crippen LogP contribution is -2.18. The van der Waals surface area contributed by atoms with Crippen molar-refractivity contribution in [1.82, 2.24) is 0 Å². The summed E-state index contributed by atoms with van der Waals surface area (Å²) in [6.07, 6.45) is 2.75. The van der Waals surface area contributed by atoms with Gasteiger partial charge in [0.2, 0.25) is 0 Å². The molecule has 1 aromatic heterocycles. The van der Waals surface area contributed by atoms with Crippen LogP contribution in [-0.2, 0) is 0 Å². The first-order valence-corrected chi connectivity index (χ1v) is 7.55. The number of hydrogen-bond donors (Lipinski definition) is 2. The van der Waals surface area contributed by atoms with Crippen LogP contribution in [0.3, 0.4) is 0 Å². The highest BCUT2D eigenvalue weighted by Gasteiger charge is 2.15. The van der Waals surface area contributed by atoms with Gasteiger partial charge in [0.1, 0.15) is 12.0 Å². The summed E-state index contributed by atoms with van der Waals surface area (Å²) in [5.41, 5.74) is 1.74. The summed E-state index contributed by atoms with van der Waals surface area (Å²) in [7, 11) is 1.56. The van der Waals surface area contributed by atoms with E-state index in [0.29, 0.717) is 28.3 Å². The molecule has 2 N–H and O–H groups in total. The summed E-state index contributed by atoms with van der Waals surface area (Å²) >= 11 is 0. The van der Waals surface area contributed by atoms with E-state index in [1.807, 2.05) is 0 Å². The number of methoxy groups -OCH3 is 1. The standard InChI is InChI=1S/C19H16N2O4/c1-24-15-6-4-5-14(11-15)20-19(23)16-7-2-3-8-17(16)21-18(22)13-9-10-25-12-13/h2-12H,1H3,(H,20,23)(H,21,22). The number of nitrogens with one attached hydrogen (secondary N) is 2. The summed E-state index contributed by atoms with van der Waals surface area (Å²) in [6.45, 7) is 0. The fraction of sp³-hybridized carbons (Fsp3) is 0.0526. The summed E-state index contributed by atoms with van der Waals surface area (Å²) in [6, 6.07) is 15.4. The van der Waals surface area contributed by atoms with Crippen molar-refractivity contribution in [3.8, 4) is 5.75 Å². The van der Waals surface area contributed by atoms with Crippen LogP contribution in [0.4, 0.5) is 11.4 Å². The number of carbonyl (C=O) groups excluding carboxylic acids is 2. The highest BCUT2D eigenvalue weighted by molar-refractivity contribution is 6.12. The summed E-state index contributed by atoms with van der Waals surface area (Å²) < 4.78 is 10.0. The highest BCUT2D eigenvalue weighted by atomic mass is 16.5. The molecule has 0 saturated heterocycles. The van der Waals surface area contributed by atoms with Gasteiger partial charge in [0.25, 0.3) is 11.8 Å². The zero-order chi connectivity index (χ0) is 17.6. The van der Waals surface area contributed by atoms with Crippen molar-refractivity contribution in [2.45, 2.75) is 0 Å². The third-order valence-electron chi connectivity index (χ3n) is 3.53. The maximum absolute atomic E-state index is 12.6. The number of para-hydroxylation sites is 1. The van der Waals surface area contributed by atoms with Gasteiger partial charge in [-0.1, -0.05) is 18.2 Å². The van der Waals surface area contributed by atoms with Gasteiger partial charge in [0, 0.05) is 11.8 Å². The van der Waals surface area contributed by atoms with Gasteiger partial charge < -0.3 is 19.8 Å². The molecular weight excluding hydrogens is 320 g/mol. The number of hydrogen-bond acceptors (Lipinski definition) is 4. The summed E-state index contributed by atoms with van der Waals surface area (Å²) in [5.74, 6) is -0.0499. The van der Waals surface area contributed by atoms with E-state index in [4.69, 9.17) is 9.15 Å². The SMILES string of the molecule is COc1cccc(NC(=O)c2ccccc2NC(=O)c2ccoc2)c1. The molecule has 3 rings (SSSR count). The number of furan rings is 1. The second-order valence-electron chi connectivity index (χ2n) is 5.20. The van der Waals surface area contributed by atoms with Crippen LogP contribution in [0.25, 0.3) is 0 Å². The first-order chi connectivity index (χ1) is 12.2. The molecule has 0 aliphatic heterocycles. The first-order valence-electron chi connectivity index (χ1n) is 7.55. The van der Waals surface area contributed by atoms with Crippen molar-refractivity contribution < 1.29 is 18.7 Å². The minimum Gasteiger partial charge on any atom is -0.497 e. The van der Waals surface area contributed by atoms with Crippen molar-refractivity contribution >= 4 is 23.2 Å². The first kappa shape index (κ1) is 16.3. The Hall–Kier alpha value is -3.54. The maximum Gasteiger partial charge on any atom is 0.258 e. The van der Waals surface area contributed by atoms with E-state index in [-0.39, 0.29) is 11.8 Å². The molecule has 0 radical (unpaired) electrons. The van der Waals surface area contributed by atoms with Crippen molar-refractivity contribution in [3.63, 3.8) is 0 Å². The minimum absolute atomic E-state index is 0.337. The Morgan fingerprint density at radius 2 is 1.80 bits per heavy atom. The molecule has 0 spiro atoms. The average Bonchev–Trinajstić information content (AvgIpc) is 3.17. The number of amides is 2. The molecule has 0 unspecified atom stereocenters. The number of anilines is 2. The van der Waals surface area contributed by atoms with E-state index in [0.717, 1.165) is 0 Å². The number of ether oxygens (including phenoxy) is 1. The third kappa shape index (κ3) is 3.87. The van der Waals surface area contributed by atoms with Crippen LogP contribution in [0.2, 0.25) is 0 Å². The molecular formula is C19H16N2O4. The molecule has 0 atom stereocenters. The van der Waals surface area contributed by atoms with E-state index in [2.05, 4.69) is 10.6 Å². The second kappa shape index (κ2) is 7.35. The van der Waals surface area contributed by atoms with Crippen molar-refractivity contribution in [2.24, 2.45) is 0 Å². The van der Waals surface area contributed by atoms with E-state index in [1.54, 1.807) is 61.7 Å². The fourth-order valence-electron chi connectivity index (χ4n) is 2.28.